The molecule has 0 bridgehead atoms. The number of amides is 1. The van der Waals surface area contributed by atoms with Gasteiger partial charge in [-0.3, -0.25) is 14.9 Å². The number of piperidine rings is 1. The van der Waals surface area contributed by atoms with Crippen LogP contribution in [0.3, 0.4) is 0 Å². The number of rotatable bonds is 3. The van der Waals surface area contributed by atoms with Crippen LogP contribution in [0.1, 0.15) is 26.7 Å². The lowest BCUT2D eigenvalue weighted by Gasteiger charge is -2.38. The van der Waals surface area contributed by atoms with Gasteiger partial charge in [-0.25, -0.2) is 0 Å². The molecule has 1 saturated heterocycles. The highest BCUT2D eigenvalue weighted by atomic mass is 16.6. The first-order valence-corrected chi connectivity index (χ1v) is 6.69. The first-order chi connectivity index (χ1) is 9.40. The molecule has 1 aliphatic heterocycles. The summed E-state index contributed by atoms with van der Waals surface area (Å²) in [5.74, 6) is -0.0939. The number of nitro benzene ring substituents is 1. The Morgan fingerprint density at radius 3 is 2.60 bits per heavy atom. The van der Waals surface area contributed by atoms with Crippen molar-refractivity contribution in [3.05, 3.63) is 34.4 Å². The van der Waals surface area contributed by atoms with Gasteiger partial charge in [-0.2, -0.15) is 0 Å². The van der Waals surface area contributed by atoms with E-state index in [2.05, 4.69) is 24.5 Å². The Bertz CT molecular complexity index is 511. The van der Waals surface area contributed by atoms with Crippen LogP contribution < -0.4 is 10.6 Å². The normalized spacial score (nSPS) is 21.2. The Balaban J connectivity index is 2.05. The molecule has 0 spiro atoms. The predicted octanol–water partition coefficient (Wildman–Crippen LogP) is 2.31. The van der Waals surface area contributed by atoms with E-state index in [0.717, 1.165) is 19.4 Å². The zero-order valence-corrected chi connectivity index (χ0v) is 11.7. The first kappa shape index (κ1) is 14.5. The van der Waals surface area contributed by atoms with E-state index in [4.69, 9.17) is 0 Å². The lowest BCUT2D eigenvalue weighted by molar-refractivity contribution is -0.384. The maximum atomic E-state index is 12.3. The molecule has 1 amide bonds. The lowest BCUT2D eigenvalue weighted by atomic mass is 9.77. The van der Waals surface area contributed by atoms with Gasteiger partial charge in [0.05, 0.1) is 11.0 Å². The Morgan fingerprint density at radius 2 is 2.05 bits per heavy atom. The fourth-order valence-electron chi connectivity index (χ4n) is 2.54. The molecule has 1 unspecified atom stereocenters. The summed E-state index contributed by atoms with van der Waals surface area (Å²) in [4.78, 5) is 22.4. The Labute approximate surface area is 117 Å². The molecule has 2 N–H and O–H groups in total. The van der Waals surface area contributed by atoms with Crippen LogP contribution in [0.2, 0.25) is 0 Å². The quantitative estimate of drug-likeness (QED) is 0.656. The van der Waals surface area contributed by atoms with E-state index in [-0.39, 0.29) is 23.1 Å². The zero-order chi connectivity index (χ0) is 14.8. The summed E-state index contributed by atoms with van der Waals surface area (Å²) in [5, 5.41) is 16.6. The monoisotopic (exact) mass is 277 g/mol. The van der Waals surface area contributed by atoms with Gasteiger partial charge in [0.15, 0.2) is 0 Å². The molecule has 1 aromatic carbocycles. The highest BCUT2D eigenvalue weighted by molar-refractivity contribution is 5.95. The van der Waals surface area contributed by atoms with Crippen LogP contribution in [0, 0.1) is 15.5 Å². The van der Waals surface area contributed by atoms with Crippen molar-refractivity contribution in [2.45, 2.75) is 32.7 Å². The summed E-state index contributed by atoms with van der Waals surface area (Å²) in [6.45, 7) is 4.97. The second kappa shape index (κ2) is 5.58. The second-order valence-corrected chi connectivity index (χ2v) is 5.77. The van der Waals surface area contributed by atoms with Gasteiger partial charge in [0, 0.05) is 17.8 Å². The van der Waals surface area contributed by atoms with Crippen LogP contribution in [0.5, 0.6) is 0 Å². The second-order valence-electron chi connectivity index (χ2n) is 5.77. The van der Waals surface area contributed by atoms with E-state index >= 15 is 0 Å². The molecular formula is C14H19N3O3. The van der Waals surface area contributed by atoms with Gasteiger partial charge in [-0.1, -0.05) is 13.8 Å². The molecule has 1 heterocycles. The van der Waals surface area contributed by atoms with E-state index in [0.29, 0.717) is 5.69 Å². The van der Waals surface area contributed by atoms with Crippen molar-refractivity contribution < 1.29 is 9.72 Å². The minimum Gasteiger partial charge on any atom is -0.325 e. The number of carbonyl (C=O) groups is 1. The van der Waals surface area contributed by atoms with Crippen molar-refractivity contribution in [2.24, 2.45) is 5.41 Å². The van der Waals surface area contributed by atoms with E-state index in [9.17, 15) is 14.9 Å². The van der Waals surface area contributed by atoms with E-state index in [1.54, 1.807) is 12.1 Å². The number of nitrogens with zero attached hydrogens (tertiary/aromatic N) is 1. The molecule has 1 fully saturated rings. The number of carbonyl (C=O) groups excluding carboxylic acids is 1. The van der Waals surface area contributed by atoms with Crippen LogP contribution >= 0.6 is 0 Å². The standard InChI is InChI=1S/C14H19N3O3/c1-14(2)8-3-9-15-12(14)13(18)16-10-4-6-11(7-5-10)17(19)20/h4-7,12,15H,3,8-9H2,1-2H3,(H,16,18). The average Bonchev–Trinajstić information content (AvgIpc) is 2.38. The molecule has 1 atom stereocenters. The van der Waals surface area contributed by atoms with Gasteiger partial charge >= 0.3 is 0 Å². The topological polar surface area (TPSA) is 84.3 Å². The Hall–Kier alpha value is -1.95. The molecular weight excluding hydrogens is 258 g/mol. The molecule has 6 heteroatoms. The molecule has 0 aromatic heterocycles. The minimum absolute atomic E-state index is 0.0131. The van der Waals surface area contributed by atoms with E-state index in [1.165, 1.54) is 12.1 Å². The number of benzene rings is 1. The van der Waals surface area contributed by atoms with Crippen molar-refractivity contribution >= 4 is 17.3 Å². The number of nitrogens with one attached hydrogen (secondary N) is 2. The molecule has 108 valence electrons. The van der Waals surface area contributed by atoms with E-state index in [1.807, 2.05) is 0 Å². The highest BCUT2D eigenvalue weighted by Gasteiger charge is 2.37. The fourth-order valence-corrected chi connectivity index (χ4v) is 2.54. The van der Waals surface area contributed by atoms with Gasteiger partial charge < -0.3 is 10.6 Å². The third kappa shape index (κ3) is 3.14. The maximum Gasteiger partial charge on any atom is 0.269 e. The molecule has 2 rings (SSSR count). The SMILES string of the molecule is CC1(C)CCCNC1C(=O)Nc1ccc([N+](=O)[O-])cc1. The lowest BCUT2D eigenvalue weighted by Crippen LogP contribution is -2.53. The van der Waals surface area contributed by atoms with Gasteiger partial charge in [0.25, 0.3) is 5.69 Å². The van der Waals surface area contributed by atoms with Gasteiger partial charge in [0.2, 0.25) is 5.91 Å². The number of anilines is 1. The fraction of sp³-hybridized carbons (Fsp3) is 0.500. The highest BCUT2D eigenvalue weighted by Crippen LogP contribution is 2.30. The van der Waals surface area contributed by atoms with Gasteiger partial charge in [0.1, 0.15) is 0 Å². The number of non-ortho nitro benzene ring substituents is 1. The molecule has 1 aromatic rings. The number of hydrogen-bond acceptors (Lipinski definition) is 4. The Morgan fingerprint density at radius 1 is 1.40 bits per heavy atom. The number of hydrogen-bond donors (Lipinski definition) is 2. The van der Waals surface area contributed by atoms with Gasteiger partial charge in [-0.15, -0.1) is 0 Å². The summed E-state index contributed by atoms with van der Waals surface area (Å²) in [7, 11) is 0. The van der Waals surface area contributed by atoms with Crippen molar-refractivity contribution in [1.29, 1.82) is 0 Å². The summed E-state index contributed by atoms with van der Waals surface area (Å²) in [5.41, 5.74) is 0.492. The molecule has 0 radical (unpaired) electrons. The third-order valence-corrected chi connectivity index (χ3v) is 3.74. The first-order valence-electron chi connectivity index (χ1n) is 6.69. The van der Waals surface area contributed by atoms with Crippen molar-refractivity contribution in [3.63, 3.8) is 0 Å². The summed E-state index contributed by atoms with van der Waals surface area (Å²) < 4.78 is 0. The van der Waals surface area contributed by atoms with E-state index < -0.39 is 4.92 Å². The third-order valence-electron chi connectivity index (χ3n) is 3.74. The molecule has 0 aliphatic carbocycles. The predicted molar refractivity (Wildman–Crippen MR) is 76.5 cm³/mol. The van der Waals surface area contributed by atoms with Crippen LogP contribution in [0.4, 0.5) is 11.4 Å². The van der Waals surface area contributed by atoms with Crippen molar-refractivity contribution in [1.82, 2.24) is 5.32 Å². The van der Waals surface area contributed by atoms with Crippen LogP contribution in [-0.2, 0) is 4.79 Å². The Kier molecular flexibility index (Phi) is 4.04. The van der Waals surface area contributed by atoms with Crippen LogP contribution in [0.25, 0.3) is 0 Å². The smallest absolute Gasteiger partial charge is 0.269 e. The van der Waals surface area contributed by atoms with Crippen molar-refractivity contribution in [2.75, 3.05) is 11.9 Å². The number of nitro groups is 1. The van der Waals surface area contributed by atoms with Gasteiger partial charge in [-0.05, 0) is 36.9 Å². The average molecular weight is 277 g/mol. The molecule has 1 aliphatic rings. The van der Waals surface area contributed by atoms with Crippen LogP contribution in [-0.4, -0.2) is 23.4 Å². The van der Waals surface area contributed by atoms with Crippen molar-refractivity contribution in [3.8, 4) is 0 Å². The molecule has 20 heavy (non-hydrogen) atoms. The largest absolute Gasteiger partial charge is 0.325 e. The maximum absolute atomic E-state index is 12.3. The minimum atomic E-state index is -0.461. The molecule has 6 nitrogen and oxygen atoms in total. The summed E-state index contributed by atoms with van der Waals surface area (Å²) >= 11 is 0. The summed E-state index contributed by atoms with van der Waals surface area (Å²) in [6.07, 6.45) is 2.06. The molecule has 0 saturated carbocycles. The zero-order valence-electron chi connectivity index (χ0n) is 11.7. The summed E-state index contributed by atoms with van der Waals surface area (Å²) in [6, 6.07) is 5.62. The van der Waals surface area contributed by atoms with Crippen LogP contribution in [0.15, 0.2) is 24.3 Å².